The highest BCUT2D eigenvalue weighted by atomic mass is 16.5. The number of carboxylic acid groups (broad SMARTS) is 1. The Morgan fingerprint density at radius 3 is 2.83 bits per heavy atom. The summed E-state index contributed by atoms with van der Waals surface area (Å²) in [4.78, 5) is 24.5. The molecule has 1 fully saturated rings. The van der Waals surface area contributed by atoms with Crippen LogP contribution in [0.1, 0.15) is 48.9 Å². The number of carbonyl (C=O) groups is 2. The Morgan fingerprint density at radius 2 is 2.28 bits per heavy atom. The average molecular weight is 252 g/mol. The summed E-state index contributed by atoms with van der Waals surface area (Å²) in [6.45, 7) is 4.33. The summed E-state index contributed by atoms with van der Waals surface area (Å²) in [5.74, 6) is -0.554. The van der Waals surface area contributed by atoms with Crippen molar-refractivity contribution in [3.8, 4) is 0 Å². The quantitative estimate of drug-likeness (QED) is 0.881. The number of amides is 1. The van der Waals surface area contributed by atoms with Crippen LogP contribution in [0.15, 0.2) is 10.6 Å². The number of aromatic nitrogens is 1. The van der Waals surface area contributed by atoms with Gasteiger partial charge in [-0.15, -0.1) is 0 Å². The SMILES string of the molecule is CC(C)c1cc(C(=O)N2CCC[C@H]2C(=O)O)no1. The molecule has 0 saturated carbocycles. The first-order valence-corrected chi connectivity index (χ1v) is 6.01. The number of likely N-dealkylation sites (tertiary alicyclic amines) is 1. The summed E-state index contributed by atoms with van der Waals surface area (Å²) >= 11 is 0. The molecule has 1 saturated heterocycles. The third kappa shape index (κ3) is 2.23. The third-order valence-corrected chi connectivity index (χ3v) is 3.12. The van der Waals surface area contributed by atoms with Gasteiger partial charge in [0.25, 0.3) is 5.91 Å². The predicted molar refractivity (Wildman–Crippen MR) is 62.3 cm³/mol. The van der Waals surface area contributed by atoms with E-state index in [2.05, 4.69) is 5.16 Å². The Hall–Kier alpha value is -1.85. The van der Waals surface area contributed by atoms with Gasteiger partial charge >= 0.3 is 5.97 Å². The van der Waals surface area contributed by atoms with Gasteiger partial charge in [0.05, 0.1) is 0 Å². The Labute approximate surface area is 105 Å². The van der Waals surface area contributed by atoms with Crippen LogP contribution < -0.4 is 0 Å². The van der Waals surface area contributed by atoms with Crippen molar-refractivity contribution in [2.75, 3.05) is 6.54 Å². The van der Waals surface area contributed by atoms with E-state index in [0.29, 0.717) is 25.1 Å². The number of hydrogen-bond donors (Lipinski definition) is 1. The van der Waals surface area contributed by atoms with Crippen LogP contribution >= 0.6 is 0 Å². The number of rotatable bonds is 3. The maximum absolute atomic E-state index is 12.1. The van der Waals surface area contributed by atoms with E-state index in [-0.39, 0.29) is 17.5 Å². The van der Waals surface area contributed by atoms with Gasteiger partial charge in [0.1, 0.15) is 11.8 Å². The Morgan fingerprint density at radius 1 is 1.56 bits per heavy atom. The zero-order chi connectivity index (χ0) is 13.3. The van der Waals surface area contributed by atoms with Crippen LogP contribution in [0.2, 0.25) is 0 Å². The van der Waals surface area contributed by atoms with Crippen LogP contribution in [-0.4, -0.2) is 39.6 Å². The number of nitrogens with zero attached hydrogens (tertiary/aromatic N) is 2. The minimum atomic E-state index is -0.964. The summed E-state index contributed by atoms with van der Waals surface area (Å²) in [6.07, 6.45) is 1.20. The van der Waals surface area contributed by atoms with Crippen LogP contribution in [0.4, 0.5) is 0 Å². The van der Waals surface area contributed by atoms with Crippen LogP contribution in [0.5, 0.6) is 0 Å². The molecule has 1 atom stereocenters. The number of aliphatic carboxylic acids is 1. The summed E-state index contributed by atoms with van der Waals surface area (Å²) in [7, 11) is 0. The van der Waals surface area contributed by atoms with Gasteiger partial charge in [0.15, 0.2) is 5.69 Å². The molecule has 6 heteroatoms. The molecule has 1 aliphatic rings. The molecular formula is C12H16N2O4. The van der Waals surface area contributed by atoms with Crippen LogP contribution in [-0.2, 0) is 4.79 Å². The molecule has 1 aromatic heterocycles. The van der Waals surface area contributed by atoms with Crippen molar-refractivity contribution in [3.05, 3.63) is 17.5 Å². The minimum absolute atomic E-state index is 0.146. The van der Waals surface area contributed by atoms with Crippen molar-refractivity contribution in [1.82, 2.24) is 10.1 Å². The lowest BCUT2D eigenvalue weighted by Crippen LogP contribution is -2.40. The van der Waals surface area contributed by atoms with Gasteiger partial charge in [-0.1, -0.05) is 19.0 Å². The first-order valence-electron chi connectivity index (χ1n) is 6.01. The van der Waals surface area contributed by atoms with Gasteiger partial charge in [0, 0.05) is 18.5 Å². The van der Waals surface area contributed by atoms with Crippen LogP contribution in [0, 0.1) is 0 Å². The van der Waals surface area contributed by atoms with E-state index >= 15 is 0 Å². The molecular weight excluding hydrogens is 236 g/mol. The maximum Gasteiger partial charge on any atom is 0.326 e. The topological polar surface area (TPSA) is 83.6 Å². The van der Waals surface area contributed by atoms with Gasteiger partial charge in [-0.2, -0.15) is 0 Å². The summed E-state index contributed by atoms with van der Waals surface area (Å²) in [5, 5.41) is 12.8. The predicted octanol–water partition coefficient (Wildman–Crippen LogP) is 1.49. The third-order valence-electron chi connectivity index (χ3n) is 3.12. The number of hydrogen-bond acceptors (Lipinski definition) is 4. The van der Waals surface area contributed by atoms with Gasteiger partial charge < -0.3 is 14.5 Å². The summed E-state index contributed by atoms with van der Waals surface area (Å²) in [5.41, 5.74) is 0.187. The fourth-order valence-corrected chi connectivity index (χ4v) is 2.08. The molecule has 18 heavy (non-hydrogen) atoms. The van der Waals surface area contributed by atoms with Gasteiger partial charge in [-0.25, -0.2) is 4.79 Å². The number of carboxylic acids is 1. The van der Waals surface area contributed by atoms with E-state index < -0.39 is 12.0 Å². The smallest absolute Gasteiger partial charge is 0.326 e. The second-order valence-corrected chi connectivity index (χ2v) is 4.76. The van der Waals surface area contributed by atoms with Crippen LogP contribution in [0.25, 0.3) is 0 Å². The standard InChI is InChI=1S/C12H16N2O4/c1-7(2)10-6-8(13-18-10)11(15)14-5-3-4-9(14)12(16)17/h6-7,9H,3-5H2,1-2H3,(H,16,17)/t9-/m0/s1. The molecule has 1 N–H and O–H groups in total. The van der Waals surface area contributed by atoms with Crippen LogP contribution in [0.3, 0.4) is 0 Å². The molecule has 0 spiro atoms. The molecule has 6 nitrogen and oxygen atoms in total. The fraction of sp³-hybridized carbons (Fsp3) is 0.583. The molecule has 0 bridgehead atoms. The average Bonchev–Trinajstić information content (AvgIpc) is 2.97. The largest absolute Gasteiger partial charge is 0.480 e. The highest BCUT2D eigenvalue weighted by molar-refractivity contribution is 5.95. The Kier molecular flexibility index (Phi) is 3.36. The number of carbonyl (C=O) groups excluding carboxylic acids is 1. The first kappa shape index (κ1) is 12.6. The highest BCUT2D eigenvalue weighted by Crippen LogP contribution is 2.22. The second kappa shape index (κ2) is 4.80. The van der Waals surface area contributed by atoms with Crippen molar-refractivity contribution in [2.24, 2.45) is 0 Å². The second-order valence-electron chi connectivity index (χ2n) is 4.76. The molecule has 0 unspecified atom stereocenters. The van der Waals surface area contributed by atoms with Crippen molar-refractivity contribution in [1.29, 1.82) is 0 Å². The van der Waals surface area contributed by atoms with Crippen molar-refractivity contribution in [3.63, 3.8) is 0 Å². The van der Waals surface area contributed by atoms with Crippen molar-refractivity contribution >= 4 is 11.9 Å². The highest BCUT2D eigenvalue weighted by Gasteiger charge is 2.35. The maximum atomic E-state index is 12.1. The lowest BCUT2D eigenvalue weighted by molar-refractivity contribution is -0.141. The van der Waals surface area contributed by atoms with Crippen molar-refractivity contribution < 1.29 is 19.2 Å². The van der Waals surface area contributed by atoms with E-state index in [9.17, 15) is 9.59 Å². The van der Waals surface area contributed by atoms with E-state index in [1.807, 2.05) is 13.8 Å². The van der Waals surface area contributed by atoms with E-state index in [1.165, 1.54) is 4.90 Å². The summed E-state index contributed by atoms with van der Waals surface area (Å²) < 4.78 is 5.06. The van der Waals surface area contributed by atoms with Gasteiger partial charge in [-0.05, 0) is 12.8 Å². The molecule has 1 amide bonds. The monoisotopic (exact) mass is 252 g/mol. The first-order chi connectivity index (χ1) is 8.50. The molecule has 98 valence electrons. The lowest BCUT2D eigenvalue weighted by atomic mass is 10.1. The zero-order valence-corrected chi connectivity index (χ0v) is 10.4. The lowest BCUT2D eigenvalue weighted by Gasteiger charge is -2.19. The van der Waals surface area contributed by atoms with Gasteiger partial charge in [-0.3, -0.25) is 4.79 Å². The molecule has 0 aliphatic carbocycles. The fourth-order valence-electron chi connectivity index (χ4n) is 2.08. The zero-order valence-electron chi connectivity index (χ0n) is 10.4. The molecule has 2 heterocycles. The molecule has 2 rings (SSSR count). The van der Waals surface area contributed by atoms with E-state index in [0.717, 1.165) is 0 Å². The van der Waals surface area contributed by atoms with Crippen molar-refractivity contribution in [2.45, 2.75) is 38.6 Å². The van der Waals surface area contributed by atoms with Gasteiger partial charge in [0.2, 0.25) is 0 Å². The molecule has 1 aliphatic heterocycles. The summed E-state index contributed by atoms with van der Waals surface area (Å²) in [6, 6.07) is 0.848. The molecule has 1 aromatic rings. The Bertz CT molecular complexity index is 466. The molecule has 0 aromatic carbocycles. The molecule has 0 radical (unpaired) electrons. The Balaban J connectivity index is 2.17. The minimum Gasteiger partial charge on any atom is -0.480 e. The van der Waals surface area contributed by atoms with E-state index in [1.54, 1.807) is 6.07 Å². The van der Waals surface area contributed by atoms with E-state index in [4.69, 9.17) is 9.63 Å². The normalized spacial score (nSPS) is 19.5.